The number of hydrogen-bond acceptors (Lipinski definition) is 5. The molecule has 1 aromatic heterocycles. The van der Waals surface area contributed by atoms with Crippen molar-refractivity contribution in [2.45, 2.75) is 13.3 Å². The van der Waals surface area contributed by atoms with E-state index < -0.39 is 0 Å². The lowest BCUT2D eigenvalue weighted by molar-refractivity contribution is 0.0532. The molecule has 0 radical (unpaired) electrons. The standard InChI is InChI=1S/C10H16N4O3/c1-8-12-9(13-17-8)2-3-11-10(15)14-4-6-16-7-5-14/h2-7H2,1H3,(H,11,15). The number of amides is 2. The zero-order valence-electron chi connectivity index (χ0n) is 9.81. The van der Waals surface area contributed by atoms with E-state index in [1.165, 1.54) is 0 Å². The monoisotopic (exact) mass is 240 g/mol. The summed E-state index contributed by atoms with van der Waals surface area (Å²) in [5, 5.41) is 6.57. The molecule has 0 spiro atoms. The van der Waals surface area contributed by atoms with Gasteiger partial charge in [-0.15, -0.1) is 0 Å². The molecule has 1 fully saturated rings. The molecule has 94 valence electrons. The molecular formula is C10H16N4O3. The summed E-state index contributed by atoms with van der Waals surface area (Å²) in [6, 6.07) is -0.0616. The minimum absolute atomic E-state index is 0.0616. The Balaban J connectivity index is 1.69. The fraction of sp³-hybridized carbons (Fsp3) is 0.700. The predicted molar refractivity (Wildman–Crippen MR) is 58.5 cm³/mol. The number of hydrogen-bond donors (Lipinski definition) is 1. The van der Waals surface area contributed by atoms with Crippen molar-refractivity contribution in [3.8, 4) is 0 Å². The van der Waals surface area contributed by atoms with E-state index in [-0.39, 0.29) is 6.03 Å². The number of nitrogens with one attached hydrogen (secondary N) is 1. The number of ether oxygens (including phenoxy) is 1. The Kier molecular flexibility index (Phi) is 3.92. The zero-order chi connectivity index (χ0) is 12.1. The van der Waals surface area contributed by atoms with Gasteiger partial charge in [0.1, 0.15) is 0 Å². The maximum atomic E-state index is 11.7. The highest BCUT2D eigenvalue weighted by molar-refractivity contribution is 5.74. The van der Waals surface area contributed by atoms with Gasteiger partial charge in [-0.05, 0) is 0 Å². The van der Waals surface area contributed by atoms with Gasteiger partial charge >= 0.3 is 6.03 Å². The van der Waals surface area contributed by atoms with E-state index in [0.717, 1.165) is 0 Å². The van der Waals surface area contributed by atoms with Crippen LogP contribution in [0.5, 0.6) is 0 Å². The Morgan fingerprint density at radius 3 is 2.88 bits per heavy atom. The molecule has 1 aromatic rings. The topological polar surface area (TPSA) is 80.5 Å². The fourth-order valence-electron chi connectivity index (χ4n) is 1.60. The number of aryl methyl sites for hydroxylation is 1. The summed E-state index contributed by atoms with van der Waals surface area (Å²) in [5.41, 5.74) is 0. The summed E-state index contributed by atoms with van der Waals surface area (Å²) in [5.74, 6) is 1.16. The highest BCUT2D eigenvalue weighted by Crippen LogP contribution is 1.98. The molecule has 1 N–H and O–H groups in total. The van der Waals surface area contributed by atoms with Crippen LogP contribution in [0.1, 0.15) is 11.7 Å². The number of rotatable bonds is 3. The van der Waals surface area contributed by atoms with Crippen LogP contribution in [0.3, 0.4) is 0 Å². The zero-order valence-corrected chi connectivity index (χ0v) is 9.81. The molecule has 2 rings (SSSR count). The Hall–Kier alpha value is -1.63. The maximum absolute atomic E-state index is 11.7. The molecule has 0 atom stereocenters. The van der Waals surface area contributed by atoms with Crippen molar-refractivity contribution in [2.24, 2.45) is 0 Å². The predicted octanol–water partition coefficient (Wildman–Crippen LogP) is -0.0377. The van der Waals surface area contributed by atoms with Crippen molar-refractivity contribution in [1.29, 1.82) is 0 Å². The summed E-state index contributed by atoms with van der Waals surface area (Å²) < 4.78 is 10.0. The number of aromatic nitrogens is 2. The highest BCUT2D eigenvalue weighted by atomic mass is 16.5. The van der Waals surface area contributed by atoms with Gasteiger partial charge in [-0.2, -0.15) is 4.98 Å². The average molecular weight is 240 g/mol. The van der Waals surface area contributed by atoms with Gasteiger partial charge in [0.2, 0.25) is 5.89 Å². The van der Waals surface area contributed by atoms with Gasteiger partial charge in [-0.1, -0.05) is 5.16 Å². The third-order valence-electron chi connectivity index (χ3n) is 2.49. The second-order valence-electron chi connectivity index (χ2n) is 3.81. The Labute approximate surface area is 99.1 Å². The lowest BCUT2D eigenvalue weighted by atomic mass is 10.4. The van der Waals surface area contributed by atoms with Crippen LogP contribution in [-0.4, -0.2) is 53.9 Å². The van der Waals surface area contributed by atoms with Gasteiger partial charge < -0.3 is 19.5 Å². The molecule has 2 heterocycles. The van der Waals surface area contributed by atoms with E-state index in [4.69, 9.17) is 9.26 Å². The summed E-state index contributed by atoms with van der Waals surface area (Å²) in [4.78, 5) is 17.5. The number of urea groups is 1. The van der Waals surface area contributed by atoms with E-state index >= 15 is 0 Å². The average Bonchev–Trinajstić information content (AvgIpc) is 2.76. The quantitative estimate of drug-likeness (QED) is 0.802. The highest BCUT2D eigenvalue weighted by Gasteiger charge is 2.16. The molecule has 1 saturated heterocycles. The van der Waals surface area contributed by atoms with Crippen molar-refractivity contribution in [3.05, 3.63) is 11.7 Å². The van der Waals surface area contributed by atoms with E-state index in [9.17, 15) is 4.79 Å². The molecular weight excluding hydrogens is 224 g/mol. The lowest BCUT2D eigenvalue weighted by Gasteiger charge is -2.26. The molecule has 2 amide bonds. The Bertz CT molecular complexity index is 373. The molecule has 17 heavy (non-hydrogen) atoms. The molecule has 0 bridgehead atoms. The van der Waals surface area contributed by atoms with Crippen molar-refractivity contribution < 1.29 is 14.1 Å². The molecule has 7 nitrogen and oxygen atoms in total. The van der Waals surface area contributed by atoms with Crippen LogP contribution < -0.4 is 5.32 Å². The summed E-state index contributed by atoms with van der Waals surface area (Å²) in [6.45, 7) is 4.76. The number of carbonyl (C=O) groups excluding carboxylic acids is 1. The minimum atomic E-state index is -0.0616. The van der Waals surface area contributed by atoms with Gasteiger partial charge in [-0.3, -0.25) is 0 Å². The van der Waals surface area contributed by atoms with Crippen LogP contribution in [0.15, 0.2) is 4.52 Å². The molecule has 1 aliphatic rings. The van der Waals surface area contributed by atoms with Crippen molar-refractivity contribution >= 4 is 6.03 Å². The first kappa shape index (κ1) is 11.8. The van der Waals surface area contributed by atoms with E-state index in [1.807, 2.05) is 0 Å². The molecule has 7 heteroatoms. The van der Waals surface area contributed by atoms with E-state index in [0.29, 0.717) is 51.0 Å². The first-order valence-corrected chi connectivity index (χ1v) is 5.65. The van der Waals surface area contributed by atoms with Gasteiger partial charge in [0.15, 0.2) is 5.82 Å². The number of morpholine rings is 1. The van der Waals surface area contributed by atoms with E-state index in [1.54, 1.807) is 11.8 Å². The van der Waals surface area contributed by atoms with Gasteiger partial charge in [0.25, 0.3) is 0 Å². The number of nitrogens with zero attached hydrogens (tertiary/aromatic N) is 3. The number of carbonyl (C=O) groups is 1. The van der Waals surface area contributed by atoms with E-state index in [2.05, 4.69) is 15.5 Å². The first-order valence-electron chi connectivity index (χ1n) is 5.65. The van der Waals surface area contributed by atoms with Crippen molar-refractivity contribution in [2.75, 3.05) is 32.8 Å². The summed E-state index contributed by atoms with van der Waals surface area (Å²) >= 11 is 0. The van der Waals surface area contributed by atoms with Crippen LogP contribution >= 0.6 is 0 Å². The normalized spacial score (nSPS) is 15.9. The summed E-state index contributed by atoms with van der Waals surface area (Å²) in [7, 11) is 0. The second kappa shape index (κ2) is 5.62. The van der Waals surface area contributed by atoms with Crippen molar-refractivity contribution in [1.82, 2.24) is 20.4 Å². The fourth-order valence-corrected chi connectivity index (χ4v) is 1.60. The van der Waals surface area contributed by atoms with Crippen LogP contribution in [0.25, 0.3) is 0 Å². The molecule has 0 aromatic carbocycles. The Morgan fingerprint density at radius 1 is 1.47 bits per heavy atom. The largest absolute Gasteiger partial charge is 0.378 e. The first-order chi connectivity index (χ1) is 8.25. The van der Waals surface area contributed by atoms with Crippen LogP contribution in [0.2, 0.25) is 0 Å². The van der Waals surface area contributed by atoms with Crippen LogP contribution in [-0.2, 0) is 11.2 Å². The second-order valence-corrected chi connectivity index (χ2v) is 3.81. The Morgan fingerprint density at radius 2 is 2.24 bits per heavy atom. The smallest absolute Gasteiger partial charge is 0.317 e. The molecule has 0 saturated carbocycles. The minimum Gasteiger partial charge on any atom is -0.378 e. The molecule has 0 unspecified atom stereocenters. The summed E-state index contributed by atoms with van der Waals surface area (Å²) in [6.07, 6.45) is 0.577. The third kappa shape index (κ3) is 3.42. The van der Waals surface area contributed by atoms with Crippen molar-refractivity contribution in [3.63, 3.8) is 0 Å². The lowest BCUT2D eigenvalue weighted by Crippen LogP contribution is -2.46. The maximum Gasteiger partial charge on any atom is 0.317 e. The SMILES string of the molecule is Cc1nc(CCNC(=O)N2CCOCC2)no1. The molecule has 0 aliphatic carbocycles. The van der Waals surface area contributed by atoms with Gasteiger partial charge in [-0.25, -0.2) is 4.79 Å². The van der Waals surface area contributed by atoms with Crippen LogP contribution in [0.4, 0.5) is 4.79 Å². The van der Waals surface area contributed by atoms with Gasteiger partial charge in [0.05, 0.1) is 13.2 Å². The molecule has 1 aliphatic heterocycles. The van der Waals surface area contributed by atoms with Gasteiger partial charge in [0, 0.05) is 33.0 Å². The van der Waals surface area contributed by atoms with Crippen LogP contribution in [0, 0.1) is 6.92 Å². The third-order valence-corrected chi connectivity index (χ3v) is 2.49.